The standard InChI is InChI=1S/C31H38ClN3O4S/c1-5-23(3)33-31(37)29(20-25-10-8-7-9-11-25)34(21-26-12-16-27(32)17-13-26)30(36)22-35(40(4,38)39)28-18-14-24(6-2)15-19-28/h7-19,23,29H,5-6,20-22H2,1-4H3,(H,33,37)/t23-,29+/m1/s1. The molecule has 2 atom stereocenters. The SMILES string of the molecule is CCc1ccc(N(CC(=O)N(Cc2ccc(Cl)cc2)[C@@H](Cc2ccccc2)C(=O)N[C@H](C)CC)S(C)(=O)=O)cc1. The first-order valence-electron chi connectivity index (χ1n) is 13.5. The van der Waals surface area contributed by atoms with E-state index in [1.54, 1.807) is 36.4 Å². The van der Waals surface area contributed by atoms with E-state index in [0.29, 0.717) is 10.7 Å². The van der Waals surface area contributed by atoms with Crippen molar-refractivity contribution in [2.45, 2.75) is 58.7 Å². The summed E-state index contributed by atoms with van der Waals surface area (Å²) in [6, 6.07) is 22.7. The van der Waals surface area contributed by atoms with E-state index in [-0.39, 0.29) is 24.9 Å². The predicted octanol–water partition coefficient (Wildman–Crippen LogP) is 5.22. The molecule has 2 amide bonds. The van der Waals surface area contributed by atoms with Crippen LogP contribution in [0.4, 0.5) is 5.69 Å². The second-order valence-electron chi connectivity index (χ2n) is 9.96. The van der Waals surface area contributed by atoms with Crippen LogP contribution in [0.1, 0.15) is 43.9 Å². The molecule has 0 unspecified atom stereocenters. The van der Waals surface area contributed by atoms with Crippen LogP contribution in [0.5, 0.6) is 0 Å². The zero-order valence-electron chi connectivity index (χ0n) is 23.5. The van der Waals surface area contributed by atoms with Crippen molar-refractivity contribution in [3.05, 3.63) is 101 Å². The molecule has 3 rings (SSSR count). The molecule has 1 N–H and O–H groups in total. The fourth-order valence-electron chi connectivity index (χ4n) is 4.29. The topological polar surface area (TPSA) is 86.8 Å². The minimum absolute atomic E-state index is 0.0946. The van der Waals surface area contributed by atoms with Crippen molar-refractivity contribution in [3.8, 4) is 0 Å². The van der Waals surface area contributed by atoms with Crippen molar-refractivity contribution in [2.75, 3.05) is 17.1 Å². The Balaban J connectivity index is 2.04. The average molecular weight is 584 g/mol. The van der Waals surface area contributed by atoms with Crippen LogP contribution in [-0.2, 0) is 39.0 Å². The van der Waals surface area contributed by atoms with Gasteiger partial charge in [0.15, 0.2) is 0 Å². The van der Waals surface area contributed by atoms with Crippen LogP contribution in [0.15, 0.2) is 78.9 Å². The Morgan fingerprint density at radius 3 is 2.02 bits per heavy atom. The maximum absolute atomic E-state index is 14.1. The van der Waals surface area contributed by atoms with Crippen molar-refractivity contribution in [3.63, 3.8) is 0 Å². The summed E-state index contributed by atoms with van der Waals surface area (Å²) in [5.74, 6) is -0.779. The van der Waals surface area contributed by atoms with Gasteiger partial charge in [0.2, 0.25) is 21.8 Å². The molecule has 0 aliphatic rings. The van der Waals surface area contributed by atoms with Crippen molar-refractivity contribution >= 4 is 39.1 Å². The number of halogens is 1. The molecule has 40 heavy (non-hydrogen) atoms. The molecule has 0 aliphatic carbocycles. The highest BCUT2D eigenvalue weighted by Crippen LogP contribution is 2.22. The van der Waals surface area contributed by atoms with Gasteiger partial charge in [-0.2, -0.15) is 0 Å². The number of nitrogens with zero attached hydrogens (tertiary/aromatic N) is 2. The minimum atomic E-state index is -3.80. The summed E-state index contributed by atoms with van der Waals surface area (Å²) in [5.41, 5.74) is 3.10. The molecule has 0 saturated heterocycles. The minimum Gasteiger partial charge on any atom is -0.352 e. The van der Waals surface area contributed by atoms with Crippen molar-refractivity contribution in [1.29, 1.82) is 0 Å². The van der Waals surface area contributed by atoms with Gasteiger partial charge in [0.1, 0.15) is 12.6 Å². The summed E-state index contributed by atoms with van der Waals surface area (Å²) in [6.45, 7) is 5.56. The Hall–Kier alpha value is -3.36. The molecule has 3 aromatic rings. The average Bonchev–Trinajstić information content (AvgIpc) is 2.94. The van der Waals surface area contributed by atoms with E-state index in [9.17, 15) is 18.0 Å². The second-order valence-corrected chi connectivity index (χ2v) is 12.3. The highest BCUT2D eigenvalue weighted by molar-refractivity contribution is 7.92. The molecule has 0 spiro atoms. The Morgan fingerprint density at radius 1 is 0.875 bits per heavy atom. The van der Waals surface area contributed by atoms with Gasteiger partial charge in [0.25, 0.3) is 0 Å². The smallest absolute Gasteiger partial charge is 0.244 e. The van der Waals surface area contributed by atoms with E-state index in [2.05, 4.69) is 5.32 Å². The van der Waals surface area contributed by atoms with Gasteiger partial charge >= 0.3 is 0 Å². The van der Waals surface area contributed by atoms with Crippen molar-refractivity contribution in [1.82, 2.24) is 10.2 Å². The second kappa shape index (κ2) is 14.3. The third kappa shape index (κ3) is 8.83. The number of carbonyl (C=O) groups is 2. The fraction of sp³-hybridized carbons (Fsp3) is 0.355. The number of benzene rings is 3. The first-order valence-corrected chi connectivity index (χ1v) is 15.7. The highest BCUT2D eigenvalue weighted by Gasteiger charge is 2.33. The maximum atomic E-state index is 14.1. The first-order chi connectivity index (χ1) is 19.0. The number of rotatable bonds is 13. The van der Waals surface area contributed by atoms with E-state index in [1.807, 2.05) is 63.2 Å². The molecular formula is C31H38ClN3O4S. The molecule has 0 aliphatic heterocycles. The summed E-state index contributed by atoms with van der Waals surface area (Å²) in [4.78, 5) is 29.2. The molecular weight excluding hydrogens is 546 g/mol. The van der Waals surface area contributed by atoms with Gasteiger partial charge in [-0.05, 0) is 60.7 Å². The number of nitrogens with one attached hydrogen (secondary N) is 1. The molecule has 0 aromatic heterocycles. The van der Waals surface area contributed by atoms with Crippen LogP contribution in [0.3, 0.4) is 0 Å². The largest absolute Gasteiger partial charge is 0.352 e. The van der Waals surface area contributed by atoms with Crippen LogP contribution in [-0.4, -0.2) is 50.0 Å². The van der Waals surface area contributed by atoms with Gasteiger partial charge in [0, 0.05) is 24.0 Å². The Kier molecular flexibility index (Phi) is 11.2. The van der Waals surface area contributed by atoms with Crippen LogP contribution >= 0.6 is 11.6 Å². The zero-order valence-corrected chi connectivity index (χ0v) is 25.1. The molecule has 9 heteroatoms. The molecule has 214 valence electrons. The highest BCUT2D eigenvalue weighted by atomic mass is 35.5. The van der Waals surface area contributed by atoms with Crippen molar-refractivity contribution in [2.24, 2.45) is 0 Å². The predicted molar refractivity (Wildman–Crippen MR) is 162 cm³/mol. The normalized spacial score (nSPS) is 12.8. The molecule has 0 radical (unpaired) electrons. The van der Waals surface area contributed by atoms with Crippen LogP contribution < -0.4 is 9.62 Å². The lowest BCUT2D eigenvalue weighted by molar-refractivity contribution is -0.140. The number of amides is 2. The molecule has 0 bridgehead atoms. The number of anilines is 1. The maximum Gasteiger partial charge on any atom is 0.244 e. The Morgan fingerprint density at radius 2 is 1.48 bits per heavy atom. The van der Waals surface area contributed by atoms with Gasteiger partial charge in [-0.15, -0.1) is 0 Å². The molecule has 0 heterocycles. The van der Waals surface area contributed by atoms with E-state index in [0.717, 1.165) is 40.1 Å². The summed E-state index contributed by atoms with van der Waals surface area (Å²) in [6.07, 6.45) is 2.88. The van der Waals surface area contributed by atoms with Crippen molar-refractivity contribution < 1.29 is 18.0 Å². The Bertz CT molecular complexity index is 1360. The number of hydrogen-bond donors (Lipinski definition) is 1. The molecule has 7 nitrogen and oxygen atoms in total. The van der Waals surface area contributed by atoms with Crippen LogP contribution in [0.2, 0.25) is 5.02 Å². The molecule has 0 fully saturated rings. The van der Waals surface area contributed by atoms with E-state index in [1.165, 1.54) is 4.90 Å². The molecule has 3 aromatic carbocycles. The third-order valence-corrected chi connectivity index (χ3v) is 8.24. The zero-order chi connectivity index (χ0) is 29.3. The lowest BCUT2D eigenvalue weighted by Gasteiger charge is -2.34. The van der Waals surface area contributed by atoms with Gasteiger partial charge in [0.05, 0.1) is 11.9 Å². The number of hydrogen-bond acceptors (Lipinski definition) is 4. The lowest BCUT2D eigenvalue weighted by Crippen LogP contribution is -2.54. The third-order valence-electron chi connectivity index (χ3n) is 6.85. The number of aryl methyl sites for hydroxylation is 1. The monoisotopic (exact) mass is 583 g/mol. The van der Waals surface area contributed by atoms with E-state index in [4.69, 9.17) is 11.6 Å². The number of carbonyl (C=O) groups excluding carboxylic acids is 2. The van der Waals surface area contributed by atoms with Gasteiger partial charge in [-0.3, -0.25) is 13.9 Å². The summed E-state index contributed by atoms with van der Waals surface area (Å²) < 4.78 is 26.9. The summed E-state index contributed by atoms with van der Waals surface area (Å²) in [7, 11) is -3.80. The number of sulfonamides is 1. The van der Waals surface area contributed by atoms with Gasteiger partial charge in [-0.25, -0.2) is 8.42 Å². The van der Waals surface area contributed by atoms with Crippen LogP contribution in [0.25, 0.3) is 0 Å². The fourth-order valence-corrected chi connectivity index (χ4v) is 5.27. The van der Waals surface area contributed by atoms with E-state index < -0.39 is 28.5 Å². The van der Waals surface area contributed by atoms with Crippen LogP contribution in [0, 0.1) is 0 Å². The van der Waals surface area contributed by atoms with Gasteiger partial charge in [-0.1, -0.05) is 80.0 Å². The first kappa shape index (κ1) is 31.2. The molecule has 0 saturated carbocycles. The quantitative estimate of drug-likeness (QED) is 0.299. The van der Waals surface area contributed by atoms with Gasteiger partial charge < -0.3 is 10.2 Å². The lowest BCUT2D eigenvalue weighted by atomic mass is 10.0. The summed E-state index contributed by atoms with van der Waals surface area (Å²) in [5, 5.41) is 3.57. The van der Waals surface area contributed by atoms with E-state index >= 15 is 0 Å². The Labute approximate surface area is 243 Å². The summed E-state index contributed by atoms with van der Waals surface area (Å²) >= 11 is 6.09.